The largest absolute Gasteiger partial charge is 0.380 e. The summed E-state index contributed by atoms with van der Waals surface area (Å²) < 4.78 is 5.41. The summed E-state index contributed by atoms with van der Waals surface area (Å²) in [5, 5.41) is 0. The van der Waals surface area contributed by atoms with Gasteiger partial charge in [-0.1, -0.05) is 30.3 Å². The zero-order valence-electron chi connectivity index (χ0n) is 11.2. The van der Waals surface area contributed by atoms with Crippen molar-refractivity contribution in [1.29, 1.82) is 0 Å². The van der Waals surface area contributed by atoms with Gasteiger partial charge in [0.1, 0.15) is 0 Å². The Kier molecular flexibility index (Phi) is 5.17. The second kappa shape index (κ2) is 6.88. The van der Waals surface area contributed by atoms with E-state index in [4.69, 9.17) is 10.5 Å². The van der Waals surface area contributed by atoms with Crippen molar-refractivity contribution in [2.24, 2.45) is 5.73 Å². The predicted octanol–water partition coefficient (Wildman–Crippen LogP) is 2.19. The summed E-state index contributed by atoms with van der Waals surface area (Å²) >= 11 is 0. The molecule has 100 valence electrons. The van der Waals surface area contributed by atoms with Crippen LogP contribution in [0, 0.1) is 0 Å². The normalized spacial score (nSPS) is 21.4. The molecule has 1 aliphatic heterocycles. The quantitative estimate of drug-likeness (QED) is 0.838. The highest BCUT2D eigenvalue weighted by Crippen LogP contribution is 2.16. The average Bonchev–Trinajstić information content (AvgIpc) is 2.93. The molecule has 0 spiro atoms. The molecule has 0 saturated carbocycles. The number of nitrogens with zero attached hydrogens (tertiary/aromatic N) is 1. The highest BCUT2D eigenvalue weighted by molar-refractivity contribution is 5.18. The van der Waals surface area contributed by atoms with Gasteiger partial charge >= 0.3 is 0 Å². The van der Waals surface area contributed by atoms with Gasteiger partial charge in [-0.05, 0) is 38.4 Å². The second-order valence-electron chi connectivity index (χ2n) is 5.16. The first-order valence-corrected chi connectivity index (χ1v) is 6.86. The molecular formula is C15H24N2O. The molecule has 1 aromatic carbocycles. The van der Waals surface area contributed by atoms with E-state index in [1.165, 1.54) is 12.0 Å². The third-order valence-electron chi connectivity index (χ3n) is 3.78. The number of rotatable bonds is 6. The summed E-state index contributed by atoms with van der Waals surface area (Å²) in [6.45, 7) is 2.91. The van der Waals surface area contributed by atoms with Crippen LogP contribution in [0.2, 0.25) is 0 Å². The molecular weight excluding hydrogens is 224 g/mol. The predicted molar refractivity (Wildman–Crippen MR) is 74.5 cm³/mol. The smallest absolute Gasteiger partial charge is 0.0622 e. The van der Waals surface area contributed by atoms with Crippen LogP contribution < -0.4 is 5.73 Å². The Balaban J connectivity index is 1.68. The fourth-order valence-electron chi connectivity index (χ4n) is 2.48. The standard InChI is InChI=1S/C15H24N2O/c1-17(14-9-11-18-12-14)10-5-8-15(16)13-6-3-2-4-7-13/h2-4,6-7,14-15H,5,8-12,16H2,1H3. The molecule has 0 aromatic heterocycles. The van der Waals surface area contributed by atoms with Crippen molar-refractivity contribution < 1.29 is 4.74 Å². The molecule has 0 amide bonds. The van der Waals surface area contributed by atoms with Gasteiger partial charge < -0.3 is 15.4 Å². The Bertz CT molecular complexity index is 336. The van der Waals surface area contributed by atoms with Crippen LogP contribution >= 0.6 is 0 Å². The van der Waals surface area contributed by atoms with E-state index in [-0.39, 0.29) is 6.04 Å². The van der Waals surface area contributed by atoms with Crippen molar-refractivity contribution in [2.75, 3.05) is 26.8 Å². The first kappa shape index (κ1) is 13.5. The first-order valence-electron chi connectivity index (χ1n) is 6.86. The lowest BCUT2D eigenvalue weighted by molar-refractivity contribution is 0.158. The summed E-state index contributed by atoms with van der Waals surface area (Å²) in [6.07, 6.45) is 3.35. The van der Waals surface area contributed by atoms with Gasteiger partial charge in [-0.2, -0.15) is 0 Å². The van der Waals surface area contributed by atoms with Crippen LogP contribution in [0.3, 0.4) is 0 Å². The van der Waals surface area contributed by atoms with Gasteiger partial charge in [0, 0.05) is 18.7 Å². The van der Waals surface area contributed by atoms with Gasteiger partial charge in [0.25, 0.3) is 0 Å². The van der Waals surface area contributed by atoms with Gasteiger partial charge in [0.05, 0.1) is 6.61 Å². The molecule has 2 atom stereocenters. The third-order valence-corrected chi connectivity index (χ3v) is 3.78. The van der Waals surface area contributed by atoms with Gasteiger partial charge in [-0.25, -0.2) is 0 Å². The maximum absolute atomic E-state index is 6.19. The van der Waals surface area contributed by atoms with Crippen LogP contribution in [-0.4, -0.2) is 37.7 Å². The zero-order valence-corrected chi connectivity index (χ0v) is 11.2. The minimum Gasteiger partial charge on any atom is -0.380 e. The number of hydrogen-bond donors (Lipinski definition) is 1. The summed E-state index contributed by atoms with van der Waals surface area (Å²) in [5.74, 6) is 0. The maximum Gasteiger partial charge on any atom is 0.0622 e. The number of benzene rings is 1. The number of hydrogen-bond acceptors (Lipinski definition) is 3. The molecule has 18 heavy (non-hydrogen) atoms. The molecule has 3 heteroatoms. The maximum atomic E-state index is 6.19. The molecule has 0 bridgehead atoms. The van der Waals surface area contributed by atoms with Crippen molar-refractivity contribution >= 4 is 0 Å². The molecule has 2 unspecified atom stereocenters. The van der Waals surface area contributed by atoms with Gasteiger partial charge in [-0.15, -0.1) is 0 Å². The highest BCUT2D eigenvalue weighted by Gasteiger charge is 2.19. The lowest BCUT2D eigenvalue weighted by atomic mass is 10.0. The minimum atomic E-state index is 0.166. The average molecular weight is 248 g/mol. The van der Waals surface area contributed by atoms with Crippen LogP contribution in [-0.2, 0) is 4.74 Å². The molecule has 1 aliphatic rings. The van der Waals surface area contributed by atoms with Crippen molar-refractivity contribution in [3.05, 3.63) is 35.9 Å². The van der Waals surface area contributed by atoms with E-state index in [1.807, 2.05) is 6.07 Å². The molecule has 1 aromatic rings. The van der Waals surface area contributed by atoms with E-state index in [0.717, 1.165) is 32.6 Å². The minimum absolute atomic E-state index is 0.166. The van der Waals surface area contributed by atoms with Crippen LogP contribution in [0.5, 0.6) is 0 Å². The first-order chi connectivity index (χ1) is 8.77. The molecule has 1 heterocycles. The van der Waals surface area contributed by atoms with E-state index in [2.05, 4.69) is 36.2 Å². The van der Waals surface area contributed by atoms with Crippen LogP contribution in [0.25, 0.3) is 0 Å². The van der Waals surface area contributed by atoms with Gasteiger partial charge in [-0.3, -0.25) is 0 Å². The number of ether oxygens (including phenoxy) is 1. The molecule has 0 radical (unpaired) electrons. The second-order valence-corrected chi connectivity index (χ2v) is 5.16. The van der Waals surface area contributed by atoms with E-state index < -0.39 is 0 Å². The Morgan fingerprint density at radius 1 is 1.39 bits per heavy atom. The van der Waals surface area contributed by atoms with Crippen molar-refractivity contribution in [3.8, 4) is 0 Å². The monoisotopic (exact) mass is 248 g/mol. The number of nitrogens with two attached hydrogens (primary N) is 1. The van der Waals surface area contributed by atoms with E-state index in [9.17, 15) is 0 Å². The van der Waals surface area contributed by atoms with Crippen LogP contribution in [0.4, 0.5) is 0 Å². The molecule has 0 aliphatic carbocycles. The summed E-state index contributed by atoms with van der Waals surface area (Å²) in [5.41, 5.74) is 7.43. The lowest BCUT2D eigenvalue weighted by Crippen LogP contribution is -2.33. The lowest BCUT2D eigenvalue weighted by Gasteiger charge is -2.23. The van der Waals surface area contributed by atoms with Gasteiger partial charge in [0.2, 0.25) is 0 Å². The van der Waals surface area contributed by atoms with E-state index in [0.29, 0.717) is 6.04 Å². The zero-order chi connectivity index (χ0) is 12.8. The number of likely N-dealkylation sites (N-methyl/N-ethyl adjacent to an activating group) is 1. The molecule has 1 saturated heterocycles. The van der Waals surface area contributed by atoms with Gasteiger partial charge in [0.15, 0.2) is 0 Å². The summed E-state index contributed by atoms with van der Waals surface area (Å²) in [7, 11) is 2.19. The van der Waals surface area contributed by atoms with Crippen LogP contribution in [0.15, 0.2) is 30.3 Å². The Hall–Kier alpha value is -0.900. The van der Waals surface area contributed by atoms with E-state index in [1.54, 1.807) is 0 Å². The van der Waals surface area contributed by atoms with E-state index >= 15 is 0 Å². The van der Waals surface area contributed by atoms with Crippen molar-refractivity contribution in [2.45, 2.75) is 31.3 Å². The Morgan fingerprint density at radius 3 is 2.83 bits per heavy atom. The molecule has 3 nitrogen and oxygen atoms in total. The fraction of sp³-hybridized carbons (Fsp3) is 0.600. The Labute approximate surface area is 110 Å². The highest BCUT2D eigenvalue weighted by atomic mass is 16.5. The van der Waals surface area contributed by atoms with Crippen LogP contribution in [0.1, 0.15) is 30.9 Å². The topological polar surface area (TPSA) is 38.5 Å². The van der Waals surface area contributed by atoms with Crippen molar-refractivity contribution in [1.82, 2.24) is 4.90 Å². The molecule has 2 rings (SSSR count). The molecule has 1 fully saturated rings. The third kappa shape index (κ3) is 3.80. The summed E-state index contributed by atoms with van der Waals surface area (Å²) in [4.78, 5) is 2.41. The molecule has 2 N–H and O–H groups in total. The SMILES string of the molecule is CN(CCCC(N)c1ccccc1)C1CCOC1. The Morgan fingerprint density at radius 2 is 2.17 bits per heavy atom. The summed E-state index contributed by atoms with van der Waals surface area (Å²) in [6, 6.07) is 11.1. The fourth-order valence-corrected chi connectivity index (χ4v) is 2.48. The van der Waals surface area contributed by atoms with Crippen molar-refractivity contribution in [3.63, 3.8) is 0 Å².